The summed E-state index contributed by atoms with van der Waals surface area (Å²) in [5.74, 6) is -5.00. The van der Waals surface area contributed by atoms with Gasteiger partial charge in [-0.15, -0.1) is 0 Å². The van der Waals surface area contributed by atoms with Gasteiger partial charge in [0.05, 0.1) is 0 Å². The van der Waals surface area contributed by atoms with Crippen LogP contribution < -0.4 is 10.4 Å². The van der Waals surface area contributed by atoms with Crippen LogP contribution in [0.5, 0.6) is 40.2 Å². The highest BCUT2D eigenvalue weighted by molar-refractivity contribution is 5.89. The first-order chi connectivity index (χ1) is 18.5. The second-order valence-corrected chi connectivity index (χ2v) is 8.23. The fourth-order valence-corrected chi connectivity index (χ4v) is 3.47. The number of benzene rings is 3. The van der Waals surface area contributed by atoms with Crippen LogP contribution >= 0.6 is 0 Å². The van der Waals surface area contributed by atoms with Gasteiger partial charge in [0.1, 0.15) is 5.58 Å². The Morgan fingerprint density at radius 2 is 1.54 bits per heavy atom. The number of fused-ring (bicyclic) bond motifs is 1. The Balaban J connectivity index is 1.44. The molecule has 6 N–H and O–H groups in total. The van der Waals surface area contributed by atoms with Crippen molar-refractivity contribution >= 4 is 29.0 Å². The quantitative estimate of drug-likeness (QED) is 0.0830. The number of hydrogen-bond acceptors (Lipinski definition) is 11. The van der Waals surface area contributed by atoms with Crippen LogP contribution in [0.15, 0.2) is 69.9 Å². The number of rotatable bonds is 8. The monoisotopic (exact) mass is 536 g/mol. The number of carboxylic acids is 1. The van der Waals surface area contributed by atoms with Crippen molar-refractivity contribution in [1.29, 1.82) is 0 Å². The first kappa shape index (κ1) is 26.4. The van der Waals surface area contributed by atoms with E-state index in [4.69, 9.17) is 13.9 Å². The zero-order valence-corrected chi connectivity index (χ0v) is 19.8. The van der Waals surface area contributed by atoms with Gasteiger partial charge in [-0.2, -0.15) is 0 Å². The van der Waals surface area contributed by atoms with Crippen molar-refractivity contribution in [2.45, 2.75) is 12.5 Å². The van der Waals surface area contributed by atoms with E-state index in [1.54, 1.807) is 0 Å². The minimum atomic E-state index is -1.57. The molecule has 0 spiro atoms. The highest BCUT2D eigenvalue weighted by Crippen LogP contribution is 2.34. The van der Waals surface area contributed by atoms with Crippen molar-refractivity contribution in [1.82, 2.24) is 0 Å². The van der Waals surface area contributed by atoms with Crippen LogP contribution in [0.1, 0.15) is 11.1 Å². The predicted molar refractivity (Wildman–Crippen MR) is 134 cm³/mol. The van der Waals surface area contributed by atoms with Crippen LogP contribution in [0.25, 0.3) is 17.0 Å². The Kier molecular flexibility index (Phi) is 7.29. The summed E-state index contributed by atoms with van der Waals surface area (Å²) in [5, 5.41) is 58.1. The van der Waals surface area contributed by atoms with Crippen molar-refractivity contribution in [3.63, 3.8) is 0 Å². The second-order valence-electron chi connectivity index (χ2n) is 8.23. The van der Waals surface area contributed by atoms with E-state index in [2.05, 4.69) is 0 Å². The summed E-state index contributed by atoms with van der Waals surface area (Å²) in [6.45, 7) is 0. The Labute approximate surface area is 218 Å². The minimum absolute atomic E-state index is 0.00518. The number of carbonyl (C=O) groups is 2. The topological polar surface area (TPSA) is 204 Å². The van der Waals surface area contributed by atoms with Crippen LogP contribution in [0.2, 0.25) is 0 Å². The predicted octanol–water partition coefficient (Wildman–Crippen LogP) is 3.37. The van der Waals surface area contributed by atoms with Gasteiger partial charge >= 0.3 is 17.6 Å². The lowest BCUT2D eigenvalue weighted by Gasteiger charge is -2.13. The molecule has 0 fully saturated rings. The zero-order valence-electron chi connectivity index (χ0n) is 19.8. The average molecular weight is 536 g/mol. The first-order valence-corrected chi connectivity index (χ1v) is 11.1. The van der Waals surface area contributed by atoms with Gasteiger partial charge in [0.15, 0.2) is 34.5 Å². The van der Waals surface area contributed by atoms with Crippen molar-refractivity contribution in [2.24, 2.45) is 0 Å². The molecule has 0 amide bonds. The Bertz CT molecular complexity index is 1670. The summed E-state index contributed by atoms with van der Waals surface area (Å²) in [5.41, 5.74) is -0.289. The molecular weight excluding hydrogens is 516 g/mol. The molecule has 0 saturated heterocycles. The van der Waals surface area contributed by atoms with E-state index in [1.807, 2.05) is 0 Å². The van der Waals surface area contributed by atoms with Crippen LogP contribution in [-0.2, 0) is 20.7 Å². The fourth-order valence-electron chi connectivity index (χ4n) is 3.47. The van der Waals surface area contributed by atoms with Crippen molar-refractivity contribution in [3.05, 3.63) is 82.2 Å². The van der Waals surface area contributed by atoms with Gasteiger partial charge in [0, 0.05) is 23.9 Å². The molecule has 0 bridgehead atoms. The highest BCUT2D eigenvalue weighted by Gasteiger charge is 2.22. The molecule has 39 heavy (non-hydrogen) atoms. The molecule has 200 valence electrons. The Morgan fingerprint density at radius 1 is 0.821 bits per heavy atom. The number of ether oxygens (including phenoxy) is 2. The number of esters is 1. The molecule has 0 aliphatic carbocycles. The zero-order chi connectivity index (χ0) is 28.3. The number of carboxylic acid groups (broad SMARTS) is 1. The number of aliphatic carboxylic acids is 1. The number of hydrogen-bond donors (Lipinski definition) is 6. The SMILES string of the molecule is O=C(C=Cc1ccc(Oc2cc3cc(O)c(O)cc3oc2=O)c(O)c1)O[C@@H](Cc1ccc(O)c(O)c1)C(=O)O. The van der Waals surface area contributed by atoms with Gasteiger partial charge in [-0.3, -0.25) is 0 Å². The molecule has 4 aromatic rings. The third-order valence-corrected chi connectivity index (χ3v) is 5.41. The maximum Gasteiger partial charge on any atom is 0.379 e. The van der Waals surface area contributed by atoms with Crippen LogP contribution in [0.4, 0.5) is 0 Å². The average Bonchev–Trinajstić information content (AvgIpc) is 2.87. The van der Waals surface area contributed by atoms with Crippen LogP contribution in [-0.4, -0.2) is 48.7 Å². The van der Waals surface area contributed by atoms with E-state index in [0.29, 0.717) is 11.1 Å². The molecule has 0 unspecified atom stereocenters. The lowest BCUT2D eigenvalue weighted by molar-refractivity contribution is -0.160. The van der Waals surface area contributed by atoms with Gasteiger partial charge in [0.2, 0.25) is 11.9 Å². The molecule has 12 heteroatoms. The number of aromatic hydroxyl groups is 5. The normalized spacial score (nSPS) is 11.9. The van der Waals surface area contributed by atoms with Crippen LogP contribution in [0.3, 0.4) is 0 Å². The van der Waals surface area contributed by atoms with E-state index in [1.165, 1.54) is 42.5 Å². The van der Waals surface area contributed by atoms with E-state index in [9.17, 15) is 45.0 Å². The summed E-state index contributed by atoms with van der Waals surface area (Å²) in [7, 11) is 0. The standard InChI is InChI=1S/C27H20O12/c28-16-4-1-14(8-17(16)29)9-23(26(34)35)38-25(33)6-3-13-2-5-21(20(32)7-13)37-24-11-15-10-18(30)19(31)12-22(15)39-27(24)36/h1-8,10-12,23,28-32H,9H2,(H,34,35)/t23-/m0/s1. The second kappa shape index (κ2) is 10.8. The van der Waals surface area contributed by atoms with Gasteiger partial charge in [0.25, 0.3) is 0 Å². The minimum Gasteiger partial charge on any atom is -0.504 e. The van der Waals surface area contributed by atoms with E-state index < -0.39 is 46.7 Å². The molecule has 4 rings (SSSR count). The van der Waals surface area contributed by atoms with E-state index >= 15 is 0 Å². The lowest BCUT2D eigenvalue weighted by atomic mass is 10.1. The van der Waals surface area contributed by atoms with E-state index in [0.717, 1.165) is 24.3 Å². The molecule has 0 radical (unpaired) electrons. The molecule has 1 heterocycles. The fraction of sp³-hybridized carbons (Fsp3) is 0.0741. The number of carbonyl (C=O) groups excluding carboxylic acids is 1. The van der Waals surface area contributed by atoms with Gasteiger partial charge < -0.3 is 44.5 Å². The maximum atomic E-state index is 12.2. The summed E-state index contributed by atoms with van der Waals surface area (Å²) < 4.78 is 15.5. The van der Waals surface area contributed by atoms with Crippen molar-refractivity contribution in [3.8, 4) is 40.2 Å². The summed E-state index contributed by atoms with van der Waals surface area (Å²) >= 11 is 0. The van der Waals surface area contributed by atoms with Gasteiger partial charge in [-0.1, -0.05) is 12.1 Å². The molecule has 3 aromatic carbocycles. The number of phenolic OH excluding ortho intramolecular Hbond substituents is 5. The maximum absolute atomic E-state index is 12.2. The summed E-state index contributed by atoms with van der Waals surface area (Å²) in [6, 6.07) is 11.1. The van der Waals surface area contributed by atoms with Crippen molar-refractivity contribution in [2.75, 3.05) is 0 Å². The summed E-state index contributed by atoms with van der Waals surface area (Å²) in [6.07, 6.45) is 0.352. The first-order valence-electron chi connectivity index (χ1n) is 11.1. The molecule has 12 nitrogen and oxygen atoms in total. The molecule has 1 atom stereocenters. The molecule has 0 aliphatic rings. The Hall–Kier alpha value is -5.65. The molecule has 0 saturated carbocycles. The van der Waals surface area contributed by atoms with E-state index in [-0.39, 0.29) is 34.6 Å². The highest BCUT2D eigenvalue weighted by atomic mass is 16.6. The van der Waals surface area contributed by atoms with Gasteiger partial charge in [-0.25, -0.2) is 14.4 Å². The van der Waals surface area contributed by atoms with Crippen LogP contribution in [0, 0.1) is 0 Å². The lowest BCUT2D eigenvalue weighted by Crippen LogP contribution is -2.28. The molecule has 1 aromatic heterocycles. The van der Waals surface area contributed by atoms with Crippen molar-refractivity contribution < 1.29 is 54.1 Å². The number of phenols is 5. The molecular formula is C27H20O12. The Morgan fingerprint density at radius 3 is 2.23 bits per heavy atom. The molecule has 0 aliphatic heterocycles. The smallest absolute Gasteiger partial charge is 0.379 e. The third-order valence-electron chi connectivity index (χ3n) is 5.41. The third kappa shape index (κ3) is 6.20. The summed E-state index contributed by atoms with van der Waals surface area (Å²) in [4.78, 5) is 35.9. The largest absolute Gasteiger partial charge is 0.504 e. The van der Waals surface area contributed by atoms with Gasteiger partial charge in [-0.05, 0) is 53.6 Å².